The van der Waals surface area contributed by atoms with E-state index in [9.17, 15) is 0 Å². The summed E-state index contributed by atoms with van der Waals surface area (Å²) in [6.45, 7) is 3.93. The summed E-state index contributed by atoms with van der Waals surface area (Å²) in [5, 5.41) is 6.86. The van der Waals surface area contributed by atoms with Crippen LogP contribution in [0.15, 0.2) is 65.7 Å². The Kier molecular flexibility index (Phi) is 9.01. The fourth-order valence-electron chi connectivity index (χ4n) is 3.59. The van der Waals surface area contributed by atoms with Crippen LogP contribution >= 0.6 is 0 Å². The molecule has 1 saturated heterocycles. The number of nitrogens with zero attached hydrogens (tertiary/aromatic N) is 1. The van der Waals surface area contributed by atoms with Gasteiger partial charge in [0.05, 0.1) is 12.7 Å². The summed E-state index contributed by atoms with van der Waals surface area (Å²) in [5.74, 6) is 1.09. The Labute approximate surface area is 174 Å². The lowest BCUT2D eigenvalue weighted by Gasteiger charge is -2.20. The van der Waals surface area contributed by atoms with Gasteiger partial charge in [0.25, 0.3) is 0 Å². The van der Waals surface area contributed by atoms with E-state index in [1.165, 1.54) is 11.1 Å². The first-order valence-corrected chi connectivity index (χ1v) is 10.6. The molecule has 2 aromatic carbocycles. The molecular formula is C24H33N3O2. The zero-order valence-corrected chi connectivity index (χ0v) is 17.3. The largest absolute Gasteiger partial charge is 0.379 e. The van der Waals surface area contributed by atoms with Crippen molar-refractivity contribution in [2.75, 3.05) is 40.0 Å². The van der Waals surface area contributed by atoms with Crippen molar-refractivity contribution < 1.29 is 9.47 Å². The number of rotatable bonds is 10. The summed E-state index contributed by atoms with van der Waals surface area (Å²) in [6.07, 6.45) is 3.52. The van der Waals surface area contributed by atoms with Crippen LogP contribution in [0.25, 0.3) is 0 Å². The molecule has 0 radical (unpaired) electrons. The number of aliphatic imine (C=N–C) groups is 1. The van der Waals surface area contributed by atoms with Crippen molar-refractivity contribution in [3.8, 4) is 0 Å². The van der Waals surface area contributed by atoms with Crippen molar-refractivity contribution in [1.82, 2.24) is 10.6 Å². The Morgan fingerprint density at radius 1 is 1.07 bits per heavy atom. The van der Waals surface area contributed by atoms with Gasteiger partial charge in [0.2, 0.25) is 0 Å². The van der Waals surface area contributed by atoms with E-state index in [-0.39, 0.29) is 5.92 Å². The SMILES string of the molecule is CN=C(NCCCOCC1CCCO1)NCC(c1ccccc1)c1ccccc1. The minimum absolute atomic E-state index is 0.269. The Bertz CT molecular complexity index is 676. The molecule has 0 aliphatic carbocycles. The second-order valence-corrected chi connectivity index (χ2v) is 7.32. The van der Waals surface area contributed by atoms with E-state index < -0.39 is 0 Å². The smallest absolute Gasteiger partial charge is 0.191 e. The Balaban J connectivity index is 1.42. The minimum atomic E-state index is 0.269. The van der Waals surface area contributed by atoms with Crippen molar-refractivity contribution in [1.29, 1.82) is 0 Å². The van der Waals surface area contributed by atoms with Gasteiger partial charge in [0.15, 0.2) is 5.96 Å². The molecule has 2 N–H and O–H groups in total. The van der Waals surface area contributed by atoms with Gasteiger partial charge < -0.3 is 20.1 Å². The maximum Gasteiger partial charge on any atom is 0.191 e. The minimum Gasteiger partial charge on any atom is -0.379 e. The lowest BCUT2D eigenvalue weighted by Crippen LogP contribution is -2.40. The van der Waals surface area contributed by atoms with Crippen LogP contribution in [0, 0.1) is 0 Å². The van der Waals surface area contributed by atoms with Gasteiger partial charge in [-0.1, -0.05) is 60.7 Å². The van der Waals surface area contributed by atoms with Crippen LogP contribution in [0.4, 0.5) is 0 Å². The lowest BCUT2D eigenvalue weighted by molar-refractivity contribution is 0.0168. The van der Waals surface area contributed by atoms with E-state index in [4.69, 9.17) is 9.47 Å². The Morgan fingerprint density at radius 3 is 2.34 bits per heavy atom. The maximum absolute atomic E-state index is 5.72. The van der Waals surface area contributed by atoms with Gasteiger partial charge in [-0.25, -0.2) is 0 Å². The molecule has 156 valence electrons. The maximum atomic E-state index is 5.72. The number of ether oxygens (including phenoxy) is 2. The van der Waals surface area contributed by atoms with Crippen molar-refractivity contribution in [2.45, 2.75) is 31.3 Å². The van der Waals surface area contributed by atoms with Crippen LogP contribution in [-0.2, 0) is 9.47 Å². The molecule has 0 amide bonds. The quantitative estimate of drug-likeness (QED) is 0.367. The molecule has 2 aromatic rings. The first-order chi connectivity index (χ1) is 14.4. The molecule has 5 nitrogen and oxygen atoms in total. The van der Waals surface area contributed by atoms with E-state index in [0.29, 0.717) is 12.7 Å². The third kappa shape index (κ3) is 7.18. The molecule has 0 aromatic heterocycles. The van der Waals surface area contributed by atoms with Gasteiger partial charge in [-0.3, -0.25) is 4.99 Å². The fraction of sp³-hybridized carbons (Fsp3) is 0.458. The normalized spacial score (nSPS) is 16.9. The zero-order valence-electron chi connectivity index (χ0n) is 17.3. The van der Waals surface area contributed by atoms with Crippen LogP contribution in [0.5, 0.6) is 0 Å². The van der Waals surface area contributed by atoms with Gasteiger partial charge in [0.1, 0.15) is 0 Å². The van der Waals surface area contributed by atoms with Crippen molar-refractivity contribution in [2.24, 2.45) is 4.99 Å². The van der Waals surface area contributed by atoms with Gasteiger partial charge in [-0.15, -0.1) is 0 Å². The number of hydrogen-bond donors (Lipinski definition) is 2. The first kappa shape index (κ1) is 21.3. The van der Waals surface area contributed by atoms with Crippen LogP contribution < -0.4 is 10.6 Å². The first-order valence-electron chi connectivity index (χ1n) is 10.6. The van der Waals surface area contributed by atoms with E-state index in [1.807, 2.05) is 7.05 Å². The highest BCUT2D eigenvalue weighted by atomic mass is 16.5. The molecule has 1 heterocycles. The van der Waals surface area contributed by atoms with Crippen molar-refractivity contribution >= 4 is 5.96 Å². The van der Waals surface area contributed by atoms with Crippen LogP contribution in [0.3, 0.4) is 0 Å². The molecular weight excluding hydrogens is 362 g/mol. The highest BCUT2D eigenvalue weighted by molar-refractivity contribution is 5.79. The third-order valence-corrected chi connectivity index (χ3v) is 5.19. The van der Waals surface area contributed by atoms with E-state index in [1.54, 1.807) is 0 Å². The zero-order chi connectivity index (χ0) is 20.2. The number of hydrogen-bond acceptors (Lipinski definition) is 3. The fourth-order valence-corrected chi connectivity index (χ4v) is 3.59. The van der Waals surface area contributed by atoms with Gasteiger partial charge in [0, 0.05) is 39.3 Å². The lowest BCUT2D eigenvalue weighted by atomic mass is 9.91. The molecule has 1 unspecified atom stereocenters. The molecule has 1 aliphatic rings. The molecule has 0 spiro atoms. The van der Waals surface area contributed by atoms with Gasteiger partial charge >= 0.3 is 0 Å². The van der Waals surface area contributed by atoms with Crippen LogP contribution in [0.1, 0.15) is 36.3 Å². The van der Waals surface area contributed by atoms with Gasteiger partial charge in [-0.2, -0.15) is 0 Å². The molecule has 1 atom stereocenters. The highest BCUT2D eigenvalue weighted by Gasteiger charge is 2.15. The van der Waals surface area contributed by atoms with Crippen molar-refractivity contribution in [3.63, 3.8) is 0 Å². The number of benzene rings is 2. The Morgan fingerprint density at radius 2 is 1.76 bits per heavy atom. The molecule has 0 bridgehead atoms. The molecule has 1 aliphatic heterocycles. The second-order valence-electron chi connectivity index (χ2n) is 7.32. The average Bonchev–Trinajstić information content (AvgIpc) is 3.30. The highest BCUT2D eigenvalue weighted by Crippen LogP contribution is 2.23. The molecule has 5 heteroatoms. The van der Waals surface area contributed by atoms with E-state index in [2.05, 4.69) is 76.3 Å². The predicted octanol–water partition coefficient (Wildman–Crippen LogP) is 3.57. The summed E-state index contributed by atoms with van der Waals surface area (Å²) in [4.78, 5) is 4.36. The Hall–Kier alpha value is -2.37. The van der Waals surface area contributed by atoms with Crippen LogP contribution in [-0.4, -0.2) is 52.0 Å². The summed E-state index contributed by atoms with van der Waals surface area (Å²) >= 11 is 0. The summed E-state index contributed by atoms with van der Waals surface area (Å²) < 4.78 is 11.3. The topological polar surface area (TPSA) is 54.9 Å². The summed E-state index contributed by atoms with van der Waals surface area (Å²) in [6, 6.07) is 21.2. The van der Waals surface area contributed by atoms with Gasteiger partial charge in [-0.05, 0) is 30.4 Å². The molecule has 29 heavy (non-hydrogen) atoms. The van der Waals surface area contributed by atoms with E-state index in [0.717, 1.165) is 51.5 Å². The molecule has 0 saturated carbocycles. The summed E-state index contributed by atoms with van der Waals surface area (Å²) in [5.41, 5.74) is 2.59. The van der Waals surface area contributed by atoms with E-state index >= 15 is 0 Å². The monoisotopic (exact) mass is 395 g/mol. The molecule has 3 rings (SSSR count). The molecule has 1 fully saturated rings. The number of nitrogens with one attached hydrogen (secondary N) is 2. The standard InChI is InChI=1S/C24H33N3O2/c1-25-24(26-15-9-16-28-19-22-14-8-17-29-22)27-18-23(20-10-4-2-5-11-20)21-12-6-3-7-13-21/h2-7,10-13,22-23H,8-9,14-19H2,1H3,(H2,25,26,27). The predicted molar refractivity (Wildman–Crippen MR) is 119 cm³/mol. The van der Waals surface area contributed by atoms with Crippen LogP contribution in [0.2, 0.25) is 0 Å². The summed E-state index contributed by atoms with van der Waals surface area (Å²) in [7, 11) is 1.81. The van der Waals surface area contributed by atoms with Crippen molar-refractivity contribution in [3.05, 3.63) is 71.8 Å². The third-order valence-electron chi connectivity index (χ3n) is 5.19. The second kappa shape index (κ2) is 12.2. The number of guanidine groups is 1. The average molecular weight is 396 g/mol.